The van der Waals surface area contributed by atoms with Crippen LogP contribution >= 0.6 is 34.8 Å². The van der Waals surface area contributed by atoms with Crippen molar-refractivity contribution in [2.45, 2.75) is 35.3 Å². The summed E-state index contributed by atoms with van der Waals surface area (Å²) in [7, 11) is 0. The summed E-state index contributed by atoms with van der Waals surface area (Å²) < 4.78 is -1.31. The minimum atomic E-state index is -1.73. The molecule has 0 saturated carbocycles. The van der Waals surface area contributed by atoms with Crippen molar-refractivity contribution in [3.8, 4) is 0 Å². The molecule has 0 heterocycles. The second-order valence-corrected chi connectivity index (χ2v) is 5.22. The van der Waals surface area contributed by atoms with Gasteiger partial charge in [-0.3, -0.25) is 0 Å². The van der Waals surface area contributed by atoms with Crippen LogP contribution in [0.4, 0.5) is 0 Å². The molecule has 0 rings (SSSR count). The molecular weight excluding hydrogens is 222 g/mol. The van der Waals surface area contributed by atoms with Crippen molar-refractivity contribution in [1.82, 2.24) is 0 Å². The normalized spacial score (nSPS) is 13.5. The third-order valence-electron chi connectivity index (χ3n) is 1.44. The van der Waals surface area contributed by atoms with E-state index in [1.54, 1.807) is 0 Å². The highest BCUT2D eigenvalue weighted by molar-refractivity contribution is 6.67. The van der Waals surface area contributed by atoms with Crippen LogP contribution in [-0.2, 0) is 0 Å². The Hall–Kier alpha value is 0.790. The van der Waals surface area contributed by atoms with Crippen LogP contribution in [0.5, 0.6) is 0 Å². The van der Waals surface area contributed by atoms with E-state index in [4.69, 9.17) is 45.0 Å². The van der Waals surface area contributed by atoms with Crippen LogP contribution in [0.15, 0.2) is 0 Å². The average Bonchev–Trinajstić information content (AvgIpc) is 1.84. The van der Waals surface area contributed by atoms with Gasteiger partial charge in [-0.1, -0.05) is 34.8 Å². The molecule has 0 aromatic rings. The molecule has 0 fully saturated rings. The van der Waals surface area contributed by atoms with E-state index >= 15 is 0 Å². The van der Waals surface area contributed by atoms with Gasteiger partial charge in [0.2, 0.25) is 0 Å². The Bertz CT molecular complexity index is 131. The first-order valence-electron chi connectivity index (χ1n) is 3.57. The van der Waals surface area contributed by atoms with Crippen LogP contribution in [-0.4, -0.2) is 19.8 Å². The fourth-order valence-corrected chi connectivity index (χ4v) is 1.10. The van der Waals surface area contributed by atoms with E-state index in [1.807, 2.05) is 0 Å². The van der Waals surface area contributed by atoms with Crippen LogP contribution in [0.3, 0.4) is 0 Å². The number of hydrogen-bond acceptors (Lipinski definition) is 2. The predicted octanol–water partition coefficient (Wildman–Crippen LogP) is 2.43. The summed E-state index contributed by atoms with van der Waals surface area (Å²) in [6.45, 7) is 3.37. The molecule has 2 nitrogen and oxygen atoms in total. The molecule has 0 spiro atoms. The SMILES string of the molecule is [CH2]CC(O)(O)CCCC(Cl)(Cl)Cl. The highest BCUT2D eigenvalue weighted by Gasteiger charge is 2.24. The lowest BCUT2D eigenvalue weighted by Gasteiger charge is -2.20. The molecule has 0 aromatic heterocycles. The summed E-state index contributed by atoms with van der Waals surface area (Å²) in [5.74, 6) is -1.73. The second-order valence-electron chi connectivity index (χ2n) is 2.70. The Balaban J connectivity index is 3.57. The fourth-order valence-electron chi connectivity index (χ4n) is 0.697. The average molecular weight is 235 g/mol. The van der Waals surface area contributed by atoms with Crippen LogP contribution < -0.4 is 0 Å². The maximum atomic E-state index is 9.08. The van der Waals surface area contributed by atoms with Gasteiger partial charge in [0.1, 0.15) is 0 Å². The van der Waals surface area contributed by atoms with Crippen molar-refractivity contribution >= 4 is 34.8 Å². The van der Waals surface area contributed by atoms with E-state index in [9.17, 15) is 0 Å². The molecule has 73 valence electrons. The van der Waals surface area contributed by atoms with E-state index in [2.05, 4.69) is 6.92 Å². The molecule has 5 heteroatoms. The number of halogens is 3. The predicted molar refractivity (Wildman–Crippen MR) is 51.3 cm³/mol. The lowest BCUT2D eigenvalue weighted by molar-refractivity contribution is -0.163. The standard InChI is InChI=1S/C7H12Cl3O2/c1-2-6(11,12)4-3-5-7(8,9)10/h11-12H,1-5H2. The zero-order chi connectivity index (χ0) is 9.83. The zero-order valence-electron chi connectivity index (χ0n) is 6.56. The topological polar surface area (TPSA) is 40.5 Å². The lowest BCUT2D eigenvalue weighted by Crippen LogP contribution is -2.27. The van der Waals surface area contributed by atoms with Gasteiger partial charge in [0.05, 0.1) is 0 Å². The third kappa shape index (κ3) is 7.44. The van der Waals surface area contributed by atoms with Gasteiger partial charge in [-0.2, -0.15) is 0 Å². The molecule has 0 aliphatic rings. The molecular formula is C7H12Cl3O2. The summed E-state index contributed by atoms with van der Waals surface area (Å²) >= 11 is 16.4. The molecule has 0 bridgehead atoms. The van der Waals surface area contributed by atoms with E-state index in [-0.39, 0.29) is 12.8 Å². The van der Waals surface area contributed by atoms with Crippen molar-refractivity contribution in [2.24, 2.45) is 0 Å². The minimum Gasteiger partial charge on any atom is -0.366 e. The first-order valence-corrected chi connectivity index (χ1v) is 4.71. The number of aliphatic hydroxyl groups is 2. The molecule has 0 amide bonds. The van der Waals surface area contributed by atoms with Crippen molar-refractivity contribution in [3.63, 3.8) is 0 Å². The van der Waals surface area contributed by atoms with E-state index in [0.717, 1.165) is 0 Å². The Morgan fingerprint density at radius 3 is 1.92 bits per heavy atom. The van der Waals surface area contributed by atoms with Gasteiger partial charge in [0, 0.05) is 12.8 Å². The number of alkyl halides is 3. The third-order valence-corrected chi connectivity index (χ3v) is 2.00. The summed E-state index contributed by atoms with van der Waals surface area (Å²) in [5, 5.41) is 18.2. The highest BCUT2D eigenvalue weighted by Crippen LogP contribution is 2.32. The van der Waals surface area contributed by atoms with E-state index in [0.29, 0.717) is 12.8 Å². The summed E-state index contributed by atoms with van der Waals surface area (Å²) in [4.78, 5) is 0. The minimum absolute atomic E-state index is 0.0346. The summed E-state index contributed by atoms with van der Waals surface area (Å²) in [6.07, 6.45) is 0.955. The Morgan fingerprint density at radius 1 is 1.08 bits per heavy atom. The van der Waals surface area contributed by atoms with Crippen LogP contribution in [0.2, 0.25) is 0 Å². The quantitative estimate of drug-likeness (QED) is 0.579. The zero-order valence-corrected chi connectivity index (χ0v) is 8.83. The lowest BCUT2D eigenvalue weighted by atomic mass is 10.1. The Labute approximate surface area is 87.4 Å². The van der Waals surface area contributed by atoms with Crippen LogP contribution in [0.25, 0.3) is 0 Å². The molecule has 0 aromatic carbocycles. The van der Waals surface area contributed by atoms with E-state index in [1.165, 1.54) is 0 Å². The molecule has 2 N–H and O–H groups in total. The maximum absolute atomic E-state index is 9.08. The highest BCUT2D eigenvalue weighted by atomic mass is 35.6. The Morgan fingerprint density at radius 2 is 1.58 bits per heavy atom. The van der Waals surface area contributed by atoms with Gasteiger partial charge in [-0.25, -0.2) is 0 Å². The van der Waals surface area contributed by atoms with Gasteiger partial charge >= 0.3 is 0 Å². The van der Waals surface area contributed by atoms with Gasteiger partial charge in [0.25, 0.3) is 0 Å². The monoisotopic (exact) mass is 233 g/mol. The second kappa shape index (κ2) is 4.87. The first kappa shape index (κ1) is 12.8. The van der Waals surface area contributed by atoms with Crippen molar-refractivity contribution in [2.75, 3.05) is 0 Å². The summed E-state index contributed by atoms with van der Waals surface area (Å²) in [6, 6.07) is 0. The van der Waals surface area contributed by atoms with Crippen molar-refractivity contribution in [3.05, 3.63) is 6.92 Å². The van der Waals surface area contributed by atoms with Crippen LogP contribution in [0.1, 0.15) is 25.7 Å². The smallest absolute Gasteiger partial charge is 0.190 e. The summed E-state index contributed by atoms with van der Waals surface area (Å²) in [5.41, 5.74) is 0. The maximum Gasteiger partial charge on any atom is 0.190 e. The van der Waals surface area contributed by atoms with Crippen molar-refractivity contribution < 1.29 is 10.2 Å². The molecule has 1 radical (unpaired) electrons. The number of rotatable bonds is 4. The van der Waals surface area contributed by atoms with Gasteiger partial charge in [-0.15, -0.1) is 0 Å². The molecule has 0 saturated heterocycles. The van der Waals surface area contributed by atoms with Crippen molar-refractivity contribution in [1.29, 1.82) is 0 Å². The fraction of sp³-hybridized carbons (Fsp3) is 0.857. The van der Waals surface area contributed by atoms with Crippen LogP contribution in [0, 0.1) is 6.92 Å². The molecule has 0 unspecified atom stereocenters. The van der Waals surface area contributed by atoms with E-state index < -0.39 is 9.58 Å². The largest absolute Gasteiger partial charge is 0.366 e. The molecule has 0 aliphatic carbocycles. The van der Waals surface area contributed by atoms with Gasteiger partial charge in [0.15, 0.2) is 9.58 Å². The van der Waals surface area contributed by atoms with Gasteiger partial charge in [-0.05, 0) is 19.8 Å². The van der Waals surface area contributed by atoms with Gasteiger partial charge < -0.3 is 10.2 Å². The molecule has 0 aliphatic heterocycles. The number of hydrogen-bond donors (Lipinski definition) is 2. The first-order chi connectivity index (χ1) is 5.27. The Kier molecular flexibility index (Phi) is 5.19. The molecule has 12 heavy (non-hydrogen) atoms. The molecule has 0 atom stereocenters.